The van der Waals surface area contributed by atoms with Gasteiger partial charge in [-0.05, 0) is 39.3 Å². The molecule has 0 aliphatic rings. The highest BCUT2D eigenvalue weighted by molar-refractivity contribution is 7.42. The molecule has 0 unspecified atom stereocenters. The normalized spacial score (nSPS) is 10.8. The van der Waals surface area contributed by atoms with Gasteiger partial charge in [0.05, 0.1) is 13.2 Å². The molecule has 1 aromatic carbocycles. The molecule has 0 N–H and O–H groups in total. The van der Waals surface area contributed by atoms with Crippen LogP contribution in [0.1, 0.15) is 25.0 Å². The fourth-order valence-electron chi connectivity index (χ4n) is 1.28. The Balaban J connectivity index is 2.68. The Morgan fingerprint density at radius 3 is 2.19 bits per heavy atom. The molecule has 0 aliphatic heterocycles. The Kier molecular flexibility index (Phi) is 5.75. The van der Waals surface area contributed by atoms with E-state index in [4.69, 9.17) is 13.6 Å². The lowest BCUT2D eigenvalue weighted by Gasteiger charge is -2.16. The van der Waals surface area contributed by atoms with Gasteiger partial charge in [0.25, 0.3) is 0 Å². The number of hydrogen-bond acceptors (Lipinski definition) is 3. The van der Waals surface area contributed by atoms with Crippen molar-refractivity contribution in [1.29, 1.82) is 0 Å². The van der Waals surface area contributed by atoms with E-state index >= 15 is 0 Å². The summed E-state index contributed by atoms with van der Waals surface area (Å²) in [7, 11) is -1.26. The quantitative estimate of drug-likeness (QED) is 0.706. The van der Waals surface area contributed by atoms with Crippen molar-refractivity contribution in [2.24, 2.45) is 0 Å². The smallest absolute Gasteiger partial charge is 0.397 e. The van der Waals surface area contributed by atoms with Gasteiger partial charge in [0.2, 0.25) is 0 Å². The molecule has 0 saturated carbocycles. The number of hydrogen-bond donors (Lipinski definition) is 0. The molecule has 3 nitrogen and oxygen atoms in total. The third kappa shape index (κ3) is 4.09. The first-order valence-electron chi connectivity index (χ1n) is 5.48. The molecular formula is C12H19O3P. The zero-order valence-corrected chi connectivity index (χ0v) is 11.2. The van der Waals surface area contributed by atoms with E-state index in [9.17, 15) is 0 Å². The van der Waals surface area contributed by atoms with Crippen LogP contribution in [0, 0.1) is 13.8 Å². The van der Waals surface area contributed by atoms with Crippen LogP contribution in [-0.4, -0.2) is 13.2 Å². The molecule has 0 amide bonds. The Labute approximate surface area is 98.7 Å². The first-order chi connectivity index (χ1) is 7.67. The van der Waals surface area contributed by atoms with Crippen LogP contribution in [-0.2, 0) is 9.05 Å². The van der Waals surface area contributed by atoms with Gasteiger partial charge in [-0.15, -0.1) is 0 Å². The predicted octanol–water partition coefficient (Wildman–Crippen LogP) is 3.98. The summed E-state index contributed by atoms with van der Waals surface area (Å²) in [5.41, 5.74) is 2.33. The molecule has 0 atom stereocenters. The molecule has 0 radical (unpaired) electrons. The molecule has 0 fully saturated rings. The molecule has 4 heteroatoms. The van der Waals surface area contributed by atoms with Crippen molar-refractivity contribution in [2.75, 3.05) is 13.2 Å². The second-order valence-corrected chi connectivity index (χ2v) is 4.57. The first-order valence-corrected chi connectivity index (χ1v) is 6.58. The van der Waals surface area contributed by atoms with E-state index in [-0.39, 0.29) is 0 Å². The third-order valence-corrected chi connectivity index (χ3v) is 3.26. The summed E-state index contributed by atoms with van der Waals surface area (Å²) in [6.45, 7) is 9.13. The molecule has 0 spiro atoms. The van der Waals surface area contributed by atoms with Crippen LogP contribution < -0.4 is 4.52 Å². The van der Waals surface area contributed by atoms with E-state index in [1.165, 1.54) is 5.56 Å². The average Bonchev–Trinajstić information content (AvgIpc) is 2.23. The van der Waals surface area contributed by atoms with E-state index in [1.54, 1.807) is 0 Å². The van der Waals surface area contributed by atoms with E-state index in [1.807, 2.05) is 32.9 Å². The highest BCUT2D eigenvalue weighted by Crippen LogP contribution is 2.41. The van der Waals surface area contributed by atoms with Crippen molar-refractivity contribution in [1.82, 2.24) is 0 Å². The molecule has 16 heavy (non-hydrogen) atoms. The van der Waals surface area contributed by atoms with Crippen LogP contribution in [0.3, 0.4) is 0 Å². The summed E-state index contributed by atoms with van der Waals surface area (Å²) in [5, 5.41) is 0. The second kappa shape index (κ2) is 6.85. The van der Waals surface area contributed by atoms with Crippen LogP contribution in [0.4, 0.5) is 0 Å². The summed E-state index contributed by atoms with van der Waals surface area (Å²) >= 11 is 0. The zero-order valence-electron chi connectivity index (χ0n) is 10.3. The highest BCUT2D eigenvalue weighted by atomic mass is 31.2. The summed E-state index contributed by atoms with van der Waals surface area (Å²) in [6.07, 6.45) is 0. The standard InChI is InChI=1S/C12H19O3P/c1-5-13-16(14-6-2)15-12-8-7-10(3)9-11(12)4/h7-9H,5-6H2,1-4H3. The van der Waals surface area contributed by atoms with Crippen LogP contribution in [0.25, 0.3) is 0 Å². The Morgan fingerprint density at radius 2 is 1.69 bits per heavy atom. The van der Waals surface area contributed by atoms with Gasteiger partial charge < -0.3 is 13.6 Å². The monoisotopic (exact) mass is 242 g/mol. The highest BCUT2D eigenvalue weighted by Gasteiger charge is 2.14. The molecule has 0 bridgehead atoms. The van der Waals surface area contributed by atoms with E-state index in [0.29, 0.717) is 13.2 Å². The lowest BCUT2D eigenvalue weighted by atomic mass is 10.1. The zero-order chi connectivity index (χ0) is 12.0. The lowest BCUT2D eigenvalue weighted by Crippen LogP contribution is -1.98. The Hall–Kier alpha value is -0.630. The molecule has 0 saturated heterocycles. The number of aryl methyl sites for hydroxylation is 2. The van der Waals surface area contributed by atoms with Gasteiger partial charge in [0, 0.05) is 0 Å². The van der Waals surface area contributed by atoms with Crippen molar-refractivity contribution >= 4 is 8.60 Å². The first kappa shape index (κ1) is 13.4. The number of benzene rings is 1. The predicted molar refractivity (Wildman–Crippen MR) is 66.7 cm³/mol. The minimum Gasteiger partial charge on any atom is -0.426 e. The maximum absolute atomic E-state index is 5.70. The fraction of sp³-hybridized carbons (Fsp3) is 0.500. The van der Waals surface area contributed by atoms with E-state index in [2.05, 4.69) is 13.0 Å². The minimum absolute atomic E-state index is 0.594. The van der Waals surface area contributed by atoms with Crippen LogP contribution in [0.2, 0.25) is 0 Å². The van der Waals surface area contributed by atoms with Gasteiger partial charge in [-0.25, -0.2) is 0 Å². The van der Waals surface area contributed by atoms with Gasteiger partial charge in [-0.1, -0.05) is 17.7 Å². The SMILES string of the molecule is CCOP(OCC)Oc1ccc(C)cc1C. The molecular weight excluding hydrogens is 223 g/mol. The third-order valence-electron chi connectivity index (χ3n) is 1.97. The summed E-state index contributed by atoms with van der Waals surface area (Å²) < 4.78 is 16.5. The molecule has 1 aromatic rings. The largest absolute Gasteiger partial charge is 0.426 e. The lowest BCUT2D eigenvalue weighted by molar-refractivity contribution is 0.221. The number of rotatable bonds is 6. The van der Waals surface area contributed by atoms with E-state index < -0.39 is 8.60 Å². The summed E-state index contributed by atoms with van der Waals surface area (Å²) in [5.74, 6) is 0.832. The second-order valence-electron chi connectivity index (χ2n) is 3.42. The maximum atomic E-state index is 5.70. The van der Waals surface area contributed by atoms with Crippen molar-refractivity contribution in [3.8, 4) is 5.75 Å². The van der Waals surface area contributed by atoms with Crippen LogP contribution in [0.5, 0.6) is 5.75 Å². The van der Waals surface area contributed by atoms with Crippen molar-refractivity contribution in [2.45, 2.75) is 27.7 Å². The van der Waals surface area contributed by atoms with Gasteiger partial charge in [0.1, 0.15) is 5.75 Å². The van der Waals surface area contributed by atoms with Crippen molar-refractivity contribution in [3.05, 3.63) is 29.3 Å². The molecule has 0 aliphatic carbocycles. The van der Waals surface area contributed by atoms with Crippen molar-refractivity contribution in [3.63, 3.8) is 0 Å². The summed E-state index contributed by atoms with van der Waals surface area (Å²) in [4.78, 5) is 0. The molecule has 90 valence electrons. The Morgan fingerprint density at radius 1 is 1.06 bits per heavy atom. The summed E-state index contributed by atoms with van der Waals surface area (Å²) in [6, 6.07) is 6.06. The fourth-order valence-corrected chi connectivity index (χ4v) is 2.25. The molecule has 0 aromatic heterocycles. The molecule has 1 rings (SSSR count). The average molecular weight is 242 g/mol. The van der Waals surface area contributed by atoms with Gasteiger partial charge in [-0.2, -0.15) is 0 Å². The maximum Gasteiger partial charge on any atom is 0.397 e. The topological polar surface area (TPSA) is 27.7 Å². The van der Waals surface area contributed by atoms with Gasteiger partial charge >= 0.3 is 8.60 Å². The minimum atomic E-state index is -1.26. The Bertz CT molecular complexity index is 322. The molecule has 0 heterocycles. The van der Waals surface area contributed by atoms with Crippen LogP contribution >= 0.6 is 8.60 Å². The van der Waals surface area contributed by atoms with Crippen LogP contribution in [0.15, 0.2) is 18.2 Å². The van der Waals surface area contributed by atoms with E-state index in [0.717, 1.165) is 11.3 Å². The van der Waals surface area contributed by atoms with Crippen molar-refractivity contribution < 1.29 is 13.6 Å². The van der Waals surface area contributed by atoms with Gasteiger partial charge in [-0.3, -0.25) is 0 Å². The van der Waals surface area contributed by atoms with Gasteiger partial charge in [0.15, 0.2) is 0 Å².